The summed E-state index contributed by atoms with van der Waals surface area (Å²) >= 11 is 1.61. The van der Waals surface area contributed by atoms with Crippen LogP contribution in [-0.2, 0) is 16.1 Å². The zero-order chi connectivity index (χ0) is 19.6. The largest absolute Gasteiger partial charge is 0.355 e. The molecule has 0 radical (unpaired) electrons. The van der Waals surface area contributed by atoms with Gasteiger partial charge in [-0.15, -0.1) is 11.8 Å². The second-order valence-electron chi connectivity index (χ2n) is 6.13. The minimum absolute atomic E-state index is 0.0958. The predicted molar refractivity (Wildman–Crippen MR) is 107 cm³/mol. The van der Waals surface area contributed by atoms with E-state index in [1.165, 1.54) is 12.1 Å². The standard InChI is InChI=1S/C21H25FN2O2S/c1-3-23-21(26)16(2)24(15-17-9-11-18(22)12-10-17)20(25)13-14-27-19-7-5-4-6-8-19/h4-12,16H,3,13-15H2,1-2H3,(H,23,26)/t16-/m0/s1. The van der Waals surface area contributed by atoms with Crippen molar-refractivity contribution in [2.75, 3.05) is 12.3 Å². The van der Waals surface area contributed by atoms with Crippen molar-refractivity contribution < 1.29 is 14.0 Å². The number of hydrogen-bond acceptors (Lipinski definition) is 3. The first-order valence-electron chi connectivity index (χ1n) is 9.00. The van der Waals surface area contributed by atoms with Gasteiger partial charge in [-0.1, -0.05) is 30.3 Å². The summed E-state index contributed by atoms with van der Waals surface area (Å²) in [6, 6.07) is 15.3. The maximum absolute atomic E-state index is 13.2. The molecule has 2 amide bonds. The molecule has 4 nitrogen and oxygen atoms in total. The highest BCUT2D eigenvalue weighted by atomic mass is 32.2. The molecule has 0 spiro atoms. The Morgan fingerprint density at radius 2 is 1.78 bits per heavy atom. The van der Waals surface area contributed by atoms with Gasteiger partial charge in [-0.05, 0) is 43.7 Å². The van der Waals surface area contributed by atoms with Crippen molar-refractivity contribution >= 4 is 23.6 Å². The molecule has 144 valence electrons. The highest BCUT2D eigenvalue weighted by Crippen LogP contribution is 2.19. The van der Waals surface area contributed by atoms with Crippen LogP contribution in [0.25, 0.3) is 0 Å². The van der Waals surface area contributed by atoms with E-state index >= 15 is 0 Å². The summed E-state index contributed by atoms with van der Waals surface area (Å²) in [4.78, 5) is 27.7. The molecule has 0 saturated carbocycles. The van der Waals surface area contributed by atoms with Crippen LogP contribution < -0.4 is 5.32 Å². The lowest BCUT2D eigenvalue weighted by molar-refractivity contribution is -0.140. The van der Waals surface area contributed by atoms with Gasteiger partial charge >= 0.3 is 0 Å². The van der Waals surface area contributed by atoms with E-state index in [-0.39, 0.29) is 24.2 Å². The van der Waals surface area contributed by atoms with Crippen molar-refractivity contribution in [1.82, 2.24) is 10.2 Å². The van der Waals surface area contributed by atoms with Crippen molar-refractivity contribution in [3.8, 4) is 0 Å². The second kappa shape index (κ2) is 10.7. The first-order valence-corrected chi connectivity index (χ1v) is 9.99. The lowest BCUT2D eigenvalue weighted by atomic mass is 10.1. The van der Waals surface area contributed by atoms with E-state index < -0.39 is 6.04 Å². The Balaban J connectivity index is 2.03. The number of amides is 2. The smallest absolute Gasteiger partial charge is 0.242 e. The molecule has 27 heavy (non-hydrogen) atoms. The molecule has 0 heterocycles. The average molecular weight is 389 g/mol. The first-order chi connectivity index (χ1) is 13.0. The van der Waals surface area contributed by atoms with Crippen LogP contribution in [0.5, 0.6) is 0 Å². The Morgan fingerprint density at radius 3 is 2.41 bits per heavy atom. The number of thioether (sulfide) groups is 1. The normalized spacial score (nSPS) is 11.7. The minimum atomic E-state index is -0.593. The monoisotopic (exact) mass is 388 g/mol. The van der Waals surface area contributed by atoms with Crippen molar-refractivity contribution in [1.29, 1.82) is 0 Å². The number of carbonyl (C=O) groups is 2. The van der Waals surface area contributed by atoms with E-state index in [2.05, 4.69) is 5.32 Å². The molecule has 0 aromatic heterocycles. The van der Waals surface area contributed by atoms with Crippen LogP contribution in [0.4, 0.5) is 4.39 Å². The molecule has 0 fully saturated rings. The highest BCUT2D eigenvalue weighted by Gasteiger charge is 2.25. The van der Waals surface area contributed by atoms with Gasteiger partial charge in [0.25, 0.3) is 0 Å². The number of likely N-dealkylation sites (N-methyl/N-ethyl adjacent to an activating group) is 1. The van der Waals surface area contributed by atoms with Crippen LogP contribution in [0.2, 0.25) is 0 Å². The number of rotatable bonds is 9. The van der Waals surface area contributed by atoms with Crippen LogP contribution in [0.3, 0.4) is 0 Å². The average Bonchev–Trinajstić information content (AvgIpc) is 2.68. The van der Waals surface area contributed by atoms with Crippen LogP contribution in [-0.4, -0.2) is 35.1 Å². The fourth-order valence-corrected chi connectivity index (χ4v) is 3.47. The van der Waals surface area contributed by atoms with Crippen LogP contribution in [0.15, 0.2) is 59.5 Å². The maximum Gasteiger partial charge on any atom is 0.242 e. The van der Waals surface area contributed by atoms with Gasteiger partial charge in [-0.3, -0.25) is 9.59 Å². The van der Waals surface area contributed by atoms with E-state index in [1.807, 2.05) is 37.3 Å². The third kappa shape index (κ3) is 6.71. The van der Waals surface area contributed by atoms with Crippen molar-refractivity contribution in [2.45, 2.75) is 37.8 Å². The van der Waals surface area contributed by atoms with Gasteiger partial charge in [0.15, 0.2) is 0 Å². The molecule has 6 heteroatoms. The number of hydrogen-bond donors (Lipinski definition) is 1. The Hall–Kier alpha value is -2.34. The summed E-state index contributed by atoms with van der Waals surface area (Å²) in [6.45, 7) is 4.34. The predicted octanol–water partition coefficient (Wildman–Crippen LogP) is 3.86. The summed E-state index contributed by atoms with van der Waals surface area (Å²) in [6.07, 6.45) is 0.324. The molecular formula is C21H25FN2O2S. The third-order valence-corrected chi connectivity index (χ3v) is 5.13. The molecule has 0 aliphatic carbocycles. The summed E-state index contributed by atoms with van der Waals surface area (Å²) < 4.78 is 13.2. The lowest BCUT2D eigenvalue weighted by Crippen LogP contribution is -2.47. The molecule has 2 aromatic rings. The van der Waals surface area contributed by atoms with Gasteiger partial charge in [-0.2, -0.15) is 0 Å². The van der Waals surface area contributed by atoms with Crippen LogP contribution in [0.1, 0.15) is 25.8 Å². The highest BCUT2D eigenvalue weighted by molar-refractivity contribution is 7.99. The van der Waals surface area contributed by atoms with Gasteiger partial charge < -0.3 is 10.2 Å². The Kier molecular flexibility index (Phi) is 8.33. The number of halogens is 1. The Bertz CT molecular complexity index is 738. The molecule has 0 saturated heterocycles. The molecule has 0 bridgehead atoms. The Morgan fingerprint density at radius 1 is 1.11 bits per heavy atom. The Labute approximate surface area is 164 Å². The summed E-state index contributed by atoms with van der Waals surface area (Å²) in [5, 5.41) is 2.76. The summed E-state index contributed by atoms with van der Waals surface area (Å²) in [5.41, 5.74) is 0.789. The van der Waals surface area contributed by atoms with E-state index in [9.17, 15) is 14.0 Å². The number of carbonyl (C=O) groups excluding carboxylic acids is 2. The van der Waals surface area contributed by atoms with E-state index in [0.29, 0.717) is 18.7 Å². The second-order valence-corrected chi connectivity index (χ2v) is 7.30. The summed E-state index contributed by atoms with van der Waals surface area (Å²) in [5.74, 6) is 0.0167. The quantitative estimate of drug-likeness (QED) is 0.664. The van der Waals surface area contributed by atoms with Crippen molar-refractivity contribution in [2.24, 2.45) is 0 Å². The SMILES string of the molecule is CCNC(=O)[C@H](C)N(Cc1ccc(F)cc1)C(=O)CCSc1ccccc1. The zero-order valence-corrected chi connectivity index (χ0v) is 16.5. The molecule has 0 aliphatic heterocycles. The van der Waals surface area contributed by atoms with Gasteiger partial charge in [0.2, 0.25) is 11.8 Å². The van der Waals surface area contributed by atoms with Gasteiger partial charge in [0, 0.05) is 30.2 Å². The van der Waals surface area contributed by atoms with Gasteiger partial charge in [-0.25, -0.2) is 4.39 Å². The van der Waals surface area contributed by atoms with Gasteiger partial charge in [0.05, 0.1) is 0 Å². The molecule has 0 unspecified atom stereocenters. The molecule has 1 N–H and O–H groups in total. The summed E-state index contributed by atoms with van der Waals surface area (Å²) in [7, 11) is 0. The number of nitrogens with one attached hydrogen (secondary N) is 1. The van der Waals surface area contributed by atoms with Crippen molar-refractivity contribution in [3.05, 3.63) is 66.0 Å². The van der Waals surface area contributed by atoms with Crippen LogP contribution >= 0.6 is 11.8 Å². The maximum atomic E-state index is 13.2. The molecule has 2 aromatic carbocycles. The van der Waals surface area contributed by atoms with Gasteiger partial charge in [0.1, 0.15) is 11.9 Å². The minimum Gasteiger partial charge on any atom is -0.355 e. The zero-order valence-electron chi connectivity index (χ0n) is 15.7. The fourth-order valence-electron chi connectivity index (χ4n) is 2.61. The lowest BCUT2D eigenvalue weighted by Gasteiger charge is -2.28. The van der Waals surface area contributed by atoms with Crippen molar-refractivity contribution in [3.63, 3.8) is 0 Å². The molecule has 1 atom stereocenters. The third-order valence-electron chi connectivity index (χ3n) is 4.11. The molecule has 2 rings (SSSR count). The van der Waals surface area contributed by atoms with E-state index in [1.54, 1.807) is 35.7 Å². The van der Waals surface area contributed by atoms with E-state index in [0.717, 1.165) is 10.5 Å². The topological polar surface area (TPSA) is 49.4 Å². The van der Waals surface area contributed by atoms with E-state index in [4.69, 9.17) is 0 Å². The fraction of sp³-hybridized carbons (Fsp3) is 0.333. The molecular weight excluding hydrogens is 363 g/mol. The first kappa shape index (κ1) is 21.0. The van der Waals surface area contributed by atoms with Crippen LogP contribution in [0, 0.1) is 5.82 Å². The number of nitrogens with zero attached hydrogens (tertiary/aromatic N) is 1. The molecule has 0 aliphatic rings. The number of benzene rings is 2.